The third kappa shape index (κ3) is 8.31. The van der Waals surface area contributed by atoms with Crippen LogP contribution in [0.4, 0.5) is 4.39 Å². The molecule has 3 aromatic rings. The first-order valence-corrected chi connectivity index (χ1v) is 17.2. The lowest BCUT2D eigenvalue weighted by molar-refractivity contribution is -0.122. The maximum absolute atomic E-state index is 13.7. The molecule has 3 aromatic carbocycles. The molecule has 0 aliphatic heterocycles. The van der Waals surface area contributed by atoms with Gasteiger partial charge >= 0.3 is 0 Å². The quantitative estimate of drug-likeness (QED) is 0.220. The second-order valence-electron chi connectivity index (χ2n) is 12.4. The summed E-state index contributed by atoms with van der Waals surface area (Å²) < 4.78 is 43.2. The molecule has 0 aromatic heterocycles. The maximum atomic E-state index is 13.7. The van der Waals surface area contributed by atoms with E-state index in [2.05, 4.69) is 33.6 Å². The third-order valence-electron chi connectivity index (χ3n) is 8.87. The fraction of sp³-hybridized carbons (Fsp3) is 0.457. The molecule has 0 unspecified atom stereocenters. The van der Waals surface area contributed by atoms with E-state index in [0.29, 0.717) is 11.6 Å². The van der Waals surface area contributed by atoms with Crippen molar-refractivity contribution in [3.05, 3.63) is 100 Å². The molecule has 1 saturated carbocycles. The van der Waals surface area contributed by atoms with Crippen molar-refractivity contribution in [2.75, 3.05) is 0 Å². The summed E-state index contributed by atoms with van der Waals surface area (Å²) in [6.45, 7) is 4.95. The number of nitrogens with one attached hydrogen (secondary N) is 3. The lowest BCUT2D eigenvalue weighted by atomic mass is 9.86. The highest BCUT2D eigenvalue weighted by atomic mass is 32.2. The zero-order chi connectivity index (χ0) is 30.4. The molecule has 3 N–H and O–H groups in total. The van der Waals surface area contributed by atoms with Gasteiger partial charge in [0.1, 0.15) is 5.82 Å². The van der Waals surface area contributed by atoms with Crippen LogP contribution in [0.25, 0.3) is 0 Å². The molecule has 0 heterocycles. The number of carbonyl (C=O) groups excluding carboxylic acids is 1. The average Bonchev–Trinajstić information content (AvgIpc) is 3.00. The number of fused-ring (bicyclic) bond motifs is 1. The second kappa shape index (κ2) is 14.1. The van der Waals surface area contributed by atoms with Gasteiger partial charge in [0.15, 0.2) is 0 Å². The Morgan fingerprint density at radius 3 is 2.28 bits per heavy atom. The van der Waals surface area contributed by atoms with Crippen molar-refractivity contribution in [2.45, 2.75) is 107 Å². The maximum Gasteiger partial charge on any atom is 0.241 e. The van der Waals surface area contributed by atoms with Crippen molar-refractivity contribution in [2.24, 2.45) is 0 Å². The Hall–Kier alpha value is -3.07. The van der Waals surface area contributed by atoms with E-state index in [0.717, 1.165) is 36.9 Å². The van der Waals surface area contributed by atoms with Crippen LogP contribution < -0.4 is 15.4 Å². The number of rotatable bonds is 11. The Bertz CT molecular complexity index is 1480. The molecule has 8 heteroatoms. The van der Waals surface area contributed by atoms with E-state index < -0.39 is 21.9 Å². The number of hydrogen-bond donors (Lipinski definition) is 3. The van der Waals surface area contributed by atoms with Gasteiger partial charge in [-0.3, -0.25) is 4.79 Å². The van der Waals surface area contributed by atoms with Gasteiger partial charge in [-0.05, 0) is 90.1 Å². The summed E-state index contributed by atoms with van der Waals surface area (Å²) in [5.41, 5.74) is 5.22. The van der Waals surface area contributed by atoms with Crippen LogP contribution in [0, 0.1) is 5.82 Å². The molecule has 2 aliphatic carbocycles. The third-order valence-corrected chi connectivity index (χ3v) is 10.4. The minimum absolute atomic E-state index is 0.107. The molecule has 1 fully saturated rings. The normalized spacial score (nSPS) is 18.3. The Morgan fingerprint density at radius 2 is 1.58 bits per heavy atom. The van der Waals surface area contributed by atoms with Gasteiger partial charge in [0.05, 0.1) is 17.0 Å². The van der Waals surface area contributed by atoms with Crippen LogP contribution in [0.1, 0.15) is 111 Å². The second-order valence-corrected chi connectivity index (χ2v) is 14.1. The Kier molecular flexibility index (Phi) is 10.3. The van der Waals surface area contributed by atoms with E-state index in [1.54, 1.807) is 24.3 Å². The monoisotopic (exact) mass is 605 g/mol. The predicted molar refractivity (Wildman–Crippen MR) is 169 cm³/mol. The zero-order valence-electron chi connectivity index (χ0n) is 25.2. The van der Waals surface area contributed by atoms with Gasteiger partial charge in [-0.1, -0.05) is 75.6 Å². The topological polar surface area (TPSA) is 87.3 Å². The molecule has 2 atom stereocenters. The average molecular weight is 606 g/mol. The molecule has 43 heavy (non-hydrogen) atoms. The number of halogens is 1. The van der Waals surface area contributed by atoms with E-state index in [4.69, 9.17) is 0 Å². The lowest BCUT2D eigenvalue weighted by Gasteiger charge is -2.28. The summed E-state index contributed by atoms with van der Waals surface area (Å²) in [4.78, 5) is 13.6. The van der Waals surface area contributed by atoms with Crippen LogP contribution in [-0.4, -0.2) is 20.4 Å². The van der Waals surface area contributed by atoms with Crippen LogP contribution in [0.5, 0.6) is 0 Å². The van der Waals surface area contributed by atoms with Crippen molar-refractivity contribution in [3.63, 3.8) is 0 Å². The van der Waals surface area contributed by atoms with Gasteiger partial charge in [-0.2, -0.15) is 0 Å². The van der Waals surface area contributed by atoms with Gasteiger partial charge in [-0.15, -0.1) is 0 Å². The highest BCUT2D eigenvalue weighted by Gasteiger charge is 2.27. The van der Waals surface area contributed by atoms with Crippen LogP contribution in [0.2, 0.25) is 0 Å². The molecular weight excluding hydrogens is 561 g/mol. The summed E-state index contributed by atoms with van der Waals surface area (Å²) >= 11 is 0. The molecule has 0 saturated heterocycles. The first-order chi connectivity index (χ1) is 20.7. The summed E-state index contributed by atoms with van der Waals surface area (Å²) in [6.07, 6.45) is 9.11. The largest absolute Gasteiger partial charge is 0.349 e. The molecule has 0 spiro atoms. The number of sulfonamides is 1. The molecule has 6 nitrogen and oxygen atoms in total. The minimum atomic E-state index is -3.94. The SMILES string of the molecule is CC(C)c1ccc(S(=O)(=O)N[C@H](CC(=O)N[C@@H]2CCCc3cc(CNC4CCCCC4)ccc32)c2ccc(F)cc2)cc1. The van der Waals surface area contributed by atoms with E-state index in [1.165, 1.54) is 67.5 Å². The van der Waals surface area contributed by atoms with Gasteiger partial charge in [0, 0.05) is 19.0 Å². The summed E-state index contributed by atoms with van der Waals surface area (Å²) in [6, 6.07) is 18.5. The summed E-state index contributed by atoms with van der Waals surface area (Å²) in [5, 5.41) is 6.89. The number of benzene rings is 3. The molecule has 230 valence electrons. The predicted octanol–water partition coefficient (Wildman–Crippen LogP) is 6.97. The van der Waals surface area contributed by atoms with E-state index in [1.807, 2.05) is 13.8 Å². The van der Waals surface area contributed by atoms with Gasteiger partial charge in [-0.25, -0.2) is 17.5 Å². The van der Waals surface area contributed by atoms with Gasteiger partial charge in [0.25, 0.3) is 0 Å². The zero-order valence-corrected chi connectivity index (χ0v) is 26.1. The molecule has 0 radical (unpaired) electrons. The van der Waals surface area contributed by atoms with Crippen molar-refractivity contribution in [1.82, 2.24) is 15.4 Å². The van der Waals surface area contributed by atoms with Crippen LogP contribution in [-0.2, 0) is 27.8 Å². The lowest BCUT2D eigenvalue weighted by Crippen LogP contribution is -2.36. The highest BCUT2D eigenvalue weighted by molar-refractivity contribution is 7.89. The van der Waals surface area contributed by atoms with Crippen LogP contribution >= 0.6 is 0 Å². The smallest absolute Gasteiger partial charge is 0.241 e. The molecule has 5 rings (SSSR count). The number of carbonyl (C=O) groups is 1. The minimum Gasteiger partial charge on any atom is -0.349 e. The number of aryl methyl sites for hydroxylation is 1. The molecule has 0 bridgehead atoms. The molecule has 2 aliphatic rings. The van der Waals surface area contributed by atoms with Crippen LogP contribution in [0.3, 0.4) is 0 Å². The Labute approximate surface area is 255 Å². The Morgan fingerprint density at radius 1 is 0.884 bits per heavy atom. The first-order valence-electron chi connectivity index (χ1n) is 15.7. The van der Waals surface area contributed by atoms with Crippen molar-refractivity contribution >= 4 is 15.9 Å². The van der Waals surface area contributed by atoms with Gasteiger partial charge in [0.2, 0.25) is 15.9 Å². The number of amides is 1. The molecule has 1 amide bonds. The highest BCUT2D eigenvalue weighted by Crippen LogP contribution is 2.31. The van der Waals surface area contributed by atoms with Crippen molar-refractivity contribution in [1.29, 1.82) is 0 Å². The summed E-state index contributed by atoms with van der Waals surface area (Å²) in [7, 11) is -3.94. The van der Waals surface area contributed by atoms with E-state index in [-0.39, 0.29) is 29.2 Å². The number of hydrogen-bond acceptors (Lipinski definition) is 4. The fourth-order valence-corrected chi connectivity index (χ4v) is 7.57. The summed E-state index contributed by atoms with van der Waals surface area (Å²) in [5.74, 6) is -0.408. The first kappa shape index (κ1) is 31.4. The van der Waals surface area contributed by atoms with Crippen molar-refractivity contribution < 1.29 is 17.6 Å². The van der Waals surface area contributed by atoms with E-state index >= 15 is 0 Å². The standard InChI is InChI=1S/C35H44FN3O3S/c1-24(2)26-14-18-31(19-15-26)43(41,42)39-34(27-12-16-29(36)17-13-27)22-35(40)38-33-10-6-7-28-21-25(11-20-32(28)33)23-37-30-8-4-3-5-9-30/h11-21,24,30,33-34,37,39H,3-10,22-23H2,1-2H3,(H,38,40)/t33-,34-/m1/s1. The molecular formula is C35H44FN3O3S. The van der Waals surface area contributed by atoms with E-state index in [9.17, 15) is 17.6 Å². The van der Waals surface area contributed by atoms with Crippen molar-refractivity contribution in [3.8, 4) is 0 Å². The van der Waals surface area contributed by atoms with Gasteiger partial charge < -0.3 is 10.6 Å². The Balaban J connectivity index is 1.27. The fourth-order valence-electron chi connectivity index (χ4n) is 6.34. The van der Waals surface area contributed by atoms with Crippen LogP contribution in [0.15, 0.2) is 71.6 Å².